The molecule has 1 aromatic rings. The van der Waals surface area contributed by atoms with Gasteiger partial charge in [0.2, 0.25) is 0 Å². The molecule has 110 valence electrons. The molecule has 0 spiro atoms. The molecule has 2 unspecified atom stereocenters. The smallest absolute Gasteiger partial charge is 0.0724 e. The third-order valence-corrected chi connectivity index (χ3v) is 5.20. The summed E-state index contributed by atoms with van der Waals surface area (Å²) in [6.07, 6.45) is 9.55. The Balaban J connectivity index is 1.49. The lowest BCUT2D eigenvalue weighted by Crippen LogP contribution is -2.44. The van der Waals surface area contributed by atoms with Gasteiger partial charge in [0.05, 0.1) is 6.10 Å². The van der Waals surface area contributed by atoms with Gasteiger partial charge in [0.25, 0.3) is 0 Å². The fourth-order valence-corrected chi connectivity index (χ4v) is 4.02. The molecule has 2 heteroatoms. The molecule has 0 aromatic heterocycles. The summed E-state index contributed by atoms with van der Waals surface area (Å²) in [7, 11) is 1.86. The SMILES string of the molecule is COC1CCCC1NC1CCC(c2ccccc2)CC1. The van der Waals surface area contributed by atoms with E-state index in [4.69, 9.17) is 4.74 Å². The number of benzene rings is 1. The van der Waals surface area contributed by atoms with Crippen molar-refractivity contribution in [2.24, 2.45) is 0 Å². The average molecular weight is 273 g/mol. The molecular formula is C18H27NO. The third kappa shape index (κ3) is 3.24. The van der Waals surface area contributed by atoms with Gasteiger partial charge in [-0.1, -0.05) is 30.3 Å². The van der Waals surface area contributed by atoms with Crippen molar-refractivity contribution >= 4 is 0 Å². The van der Waals surface area contributed by atoms with Crippen LogP contribution < -0.4 is 5.32 Å². The summed E-state index contributed by atoms with van der Waals surface area (Å²) >= 11 is 0. The first-order valence-electron chi connectivity index (χ1n) is 8.20. The van der Waals surface area contributed by atoms with Crippen molar-refractivity contribution in [3.63, 3.8) is 0 Å². The Labute approximate surface area is 122 Å². The molecular weight excluding hydrogens is 246 g/mol. The number of ether oxygens (including phenoxy) is 1. The van der Waals surface area contributed by atoms with Crippen LogP contribution in [0.5, 0.6) is 0 Å². The van der Waals surface area contributed by atoms with Crippen molar-refractivity contribution in [2.75, 3.05) is 7.11 Å². The van der Waals surface area contributed by atoms with Crippen LogP contribution in [0.15, 0.2) is 30.3 Å². The van der Waals surface area contributed by atoms with E-state index in [1.807, 2.05) is 7.11 Å². The second kappa shape index (κ2) is 6.73. The third-order valence-electron chi connectivity index (χ3n) is 5.20. The summed E-state index contributed by atoms with van der Waals surface area (Å²) in [6.45, 7) is 0. The number of hydrogen-bond acceptors (Lipinski definition) is 2. The summed E-state index contributed by atoms with van der Waals surface area (Å²) in [5, 5.41) is 3.87. The molecule has 2 aliphatic carbocycles. The lowest BCUT2D eigenvalue weighted by atomic mass is 9.81. The van der Waals surface area contributed by atoms with E-state index in [1.54, 1.807) is 0 Å². The number of rotatable bonds is 4. The molecule has 0 saturated heterocycles. The molecule has 20 heavy (non-hydrogen) atoms. The standard InChI is InChI=1S/C18H27NO/c1-20-18-9-5-8-17(18)19-16-12-10-15(11-13-16)14-6-3-2-4-7-14/h2-4,6-7,15-19H,5,8-13H2,1H3. The van der Waals surface area contributed by atoms with Gasteiger partial charge in [-0.15, -0.1) is 0 Å². The van der Waals surface area contributed by atoms with E-state index in [2.05, 4.69) is 35.6 Å². The van der Waals surface area contributed by atoms with Crippen molar-refractivity contribution in [2.45, 2.75) is 69.1 Å². The van der Waals surface area contributed by atoms with Crippen LogP contribution in [0.4, 0.5) is 0 Å². The first kappa shape index (κ1) is 14.1. The molecule has 0 bridgehead atoms. The van der Waals surface area contributed by atoms with Crippen molar-refractivity contribution in [1.29, 1.82) is 0 Å². The maximum atomic E-state index is 5.59. The van der Waals surface area contributed by atoms with Gasteiger partial charge in [-0.3, -0.25) is 0 Å². The van der Waals surface area contributed by atoms with Gasteiger partial charge in [0.1, 0.15) is 0 Å². The van der Waals surface area contributed by atoms with Gasteiger partial charge in [0.15, 0.2) is 0 Å². The van der Waals surface area contributed by atoms with Crippen LogP contribution in [-0.2, 0) is 4.74 Å². The van der Waals surface area contributed by atoms with Crippen LogP contribution >= 0.6 is 0 Å². The first-order chi connectivity index (χ1) is 9.86. The maximum absolute atomic E-state index is 5.59. The van der Waals surface area contributed by atoms with Crippen LogP contribution in [0, 0.1) is 0 Å². The fourth-order valence-electron chi connectivity index (χ4n) is 4.02. The van der Waals surface area contributed by atoms with Gasteiger partial charge in [0, 0.05) is 19.2 Å². The molecule has 0 amide bonds. The summed E-state index contributed by atoms with van der Waals surface area (Å²) in [4.78, 5) is 0. The molecule has 1 N–H and O–H groups in total. The van der Waals surface area contributed by atoms with Crippen molar-refractivity contribution < 1.29 is 4.74 Å². The highest BCUT2D eigenvalue weighted by Gasteiger charge is 2.30. The lowest BCUT2D eigenvalue weighted by Gasteiger charge is -2.32. The second-order valence-electron chi connectivity index (χ2n) is 6.44. The van der Waals surface area contributed by atoms with E-state index in [0.717, 1.165) is 5.92 Å². The molecule has 2 nitrogen and oxygen atoms in total. The Morgan fingerprint density at radius 3 is 2.40 bits per heavy atom. The summed E-state index contributed by atoms with van der Waals surface area (Å²) in [5.74, 6) is 0.774. The van der Waals surface area contributed by atoms with Crippen LogP contribution in [-0.4, -0.2) is 25.3 Å². The molecule has 2 atom stereocenters. The predicted molar refractivity (Wildman–Crippen MR) is 83.0 cm³/mol. The van der Waals surface area contributed by atoms with Crippen LogP contribution in [0.3, 0.4) is 0 Å². The van der Waals surface area contributed by atoms with E-state index >= 15 is 0 Å². The first-order valence-corrected chi connectivity index (χ1v) is 8.20. The Hall–Kier alpha value is -0.860. The molecule has 2 aliphatic rings. The Morgan fingerprint density at radius 1 is 0.950 bits per heavy atom. The van der Waals surface area contributed by atoms with Crippen LogP contribution in [0.1, 0.15) is 56.4 Å². The predicted octanol–water partition coefficient (Wildman–Crippen LogP) is 3.87. The van der Waals surface area contributed by atoms with Crippen molar-refractivity contribution in [3.05, 3.63) is 35.9 Å². The van der Waals surface area contributed by atoms with E-state index in [1.165, 1.54) is 50.5 Å². The zero-order valence-corrected chi connectivity index (χ0v) is 12.6. The van der Waals surface area contributed by atoms with Gasteiger partial charge in [-0.2, -0.15) is 0 Å². The van der Waals surface area contributed by atoms with E-state index < -0.39 is 0 Å². The van der Waals surface area contributed by atoms with Crippen LogP contribution in [0.2, 0.25) is 0 Å². The van der Waals surface area contributed by atoms with Gasteiger partial charge in [-0.25, -0.2) is 0 Å². The highest BCUT2D eigenvalue weighted by Crippen LogP contribution is 2.33. The molecule has 1 aromatic carbocycles. The van der Waals surface area contributed by atoms with Crippen LogP contribution in [0.25, 0.3) is 0 Å². The summed E-state index contributed by atoms with van der Waals surface area (Å²) in [6, 6.07) is 12.3. The van der Waals surface area contributed by atoms with Gasteiger partial charge in [-0.05, 0) is 56.4 Å². The minimum absolute atomic E-state index is 0.446. The van der Waals surface area contributed by atoms with E-state index in [0.29, 0.717) is 18.2 Å². The van der Waals surface area contributed by atoms with Gasteiger partial charge >= 0.3 is 0 Å². The fraction of sp³-hybridized carbons (Fsp3) is 0.667. The molecule has 0 heterocycles. The highest BCUT2D eigenvalue weighted by atomic mass is 16.5. The zero-order chi connectivity index (χ0) is 13.8. The number of nitrogens with one attached hydrogen (secondary N) is 1. The monoisotopic (exact) mass is 273 g/mol. The van der Waals surface area contributed by atoms with Gasteiger partial charge < -0.3 is 10.1 Å². The number of methoxy groups -OCH3 is 1. The Kier molecular flexibility index (Phi) is 4.74. The minimum atomic E-state index is 0.446. The molecule has 3 rings (SSSR count). The van der Waals surface area contributed by atoms with E-state index in [-0.39, 0.29) is 0 Å². The van der Waals surface area contributed by atoms with Crippen molar-refractivity contribution in [3.8, 4) is 0 Å². The zero-order valence-electron chi connectivity index (χ0n) is 12.6. The van der Waals surface area contributed by atoms with E-state index in [9.17, 15) is 0 Å². The molecule has 2 fully saturated rings. The molecule has 2 saturated carbocycles. The number of hydrogen-bond donors (Lipinski definition) is 1. The molecule has 0 radical (unpaired) electrons. The average Bonchev–Trinajstić information content (AvgIpc) is 2.96. The Bertz CT molecular complexity index is 397. The largest absolute Gasteiger partial charge is 0.380 e. The topological polar surface area (TPSA) is 21.3 Å². The second-order valence-corrected chi connectivity index (χ2v) is 6.44. The summed E-state index contributed by atoms with van der Waals surface area (Å²) in [5.41, 5.74) is 1.53. The highest BCUT2D eigenvalue weighted by molar-refractivity contribution is 5.20. The lowest BCUT2D eigenvalue weighted by molar-refractivity contribution is 0.0787. The Morgan fingerprint density at radius 2 is 1.70 bits per heavy atom. The molecule has 0 aliphatic heterocycles. The summed E-state index contributed by atoms with van der Waals surface area (Å²) < 4.78 is 5.59. The normalized spacial score (nSPS) is 34.2. The minimum Gasteiger partial charge on any atom is -0.380 e. The maximum Gasteiger partial charge on any atom is 0.0724 e. The quantitative estimate of drug-likeness (QED) is 0.899. The van der Waals surface area contributed by atoms with Crippen molar-refractivity contribution in [1.82, 2.24) is 5.32 Å².